The smallest absolute Gasteiger partial charge is 0.234 e. The maximum atomic E-state index is 12.7. The van der Waals surface area contributed by atoms with Crippen LogP contribution in [0.3, 0.4) is 0 Å². The second-order valence-electron chi connectivity index (χ2n) is 7.78. The van der Waals surface area contributed by atoms with E-state index in [1.807, 2.05) is 60.9 Å². The summed E-state index contributed by atoms with van der Waals surface area (Å²) in [6.45, 7) is 4.14. The molecular weight excluding hydrogens is 484 g/mol. The Labute approximate surface area is 213 Å². The number of nitrogens with one attached hydrogen (secondary N) is 1. The summed E-state index contributed by atoms with van der Waals surface area (Å²) >= 11 is 7.27. The maximum Gasteiger partial charge on any atom is 0.234 e. The van der Waals surface area contributed by atoms with Gasteiger partial charge in [0.05, 0.1) is 12.9 Å². The maximum absolute atomic E-state index is 12.7. The molecule has 0 bridgehead atoms. The average Bonchev–Trinajstić information content (AvgIpc) is 3.27. The van der Waals surface area contributed by atoms with Crippen molar-refractivity contribution in [3.05, 3.63) is 88.7 Å². The van der Waals surface area contributed by atoms with Crippen molar-refractivity contribution in [3.63, 3.8) is 0 Å². The molecule has 0 aliphatic carbocycles. The highest BCUT2D eigenvalue weighted by atomic mass is 35.5. The number of aryl methyl sites for hydroxylation is 2. The van der Waals surface area contributed by atoms with Gasteiger partial charge in [0.25, 0.3) is 0 Å². The second-order valence-corrected chi connectivity index (χ2v) is 9.16. The van der Waals surface area contributed by atoms with E-state index in [0.717, 1.165) is 28.3 Å². The van der Waals surface area contributed by atoms with Crippen molar-refractivity contribution in [2.45, 2.75) is 25.6 Å². The first-order valence-corrected chi connectivity index (χ1v) is 12.3. The number of anilines is 1. The van der Waals surface area contributed by atoms with Crippen LogP contribution in [-0.2, 0) is 11.4 Å². The third kappa shape index (κ3) is 6.15. The van der Waals surface area contributed by atoms with Crippen LogP contribution in [-0.4, -0.2) is 33.5 Å². The third-order valence-electron chi connectivity index (χ3n) is 5.29. The minimum Gasteiger partial charge on any atom is -0.497 e. The van der Waals surface area contributed by atoms with Crippen molar-refractivity contribution < 1.29 is 14.3 Å². The van der Waals surface area contributed by atoms with Gasteiger partial charge in [-0.15, -0.1) is 10.2 Å². The van der Waals surface area contributed by atoms with Gasteiger partial charge in [0.15, 0.2) is 11.0 Å². The molecule has 1 N–H and O–H groups in total. The molecule has 3 aromatic carbocycles. The molecule has 1 heterocycles. The minimum atomic E-state index is -0.115. The quantitative estimate of drug-likeness (QED) is 0.285. The van der Waals surface area contributed by atoms with Gasteiger partial charge < -0.3 is 14.8 Å². The standard InChI is InChI=1S/C26H25ClN4O3S/c1-17-5-4-6-18(2)25(17)28-24(32)16-35-26-30-29-23(15-34-22-11-7-19(27)8-12-22)31(26)20-9-13-21(33-3)14-10-20/h4-14H,15-16H2,1-3H3,(H,28,32). The summed E-state index contributed by atoms with van der Waals surface area (Å²) in [6.07, 6.45) is 0. The number of amides is 1. The first-order valence-electron chi connectivity index (χ1n) is 10.9. The highest BCUT2D eigenvalue weighted by Gasteiger charge is 2.17. The summed E-state index contributed by atoms with van der Waals surface area (Å²) in [5.41, 5.74) is 3.72. The Morgan fingerprint density at radius 1 is 0.971 bits per heavy atom. The number of hydrogen-bond acceptors (Lipinski definition) is 6. The summed E-state index contributed by atoms with van der Waals surface area (Å²) in [5, 5.41) is 12.9. The van der Waals surface area contributed by atoms with Gasteiger partial charge in [-0.25, -0.2) is 0 Å². The van der Waals surface area contributed by atoms with Crippen LogP contribution in [0.25, 0.3) is 5.69 Å². The molecule has 4 rings (SSSR count). The zero-order valence-electron chi connectivity index (χ0n) is 19.6. The Morgan fingerprint density at radius 3 is 2.29 bits per heavy atom. The molecule has 4 aromatic rings. The molecule has 180 valence electrons. The van der Waals surface area contributed by atoms with Crippen molar-refractivity contribution in [2.75, 3.05) is 18.2 Å². The predicted molar refractivity (Wildman–Crippen MR) is 139 cm³/mol. The van der Waals surface area contributed by atoms with Crippen LogP contribution >= 0.6 is 23.4 Å². The van der Waals surface area contributed by atoms with Crippen LogP contribution in [0, 0.1) is 13.8 Å². The van der Waals surface area contributed by atoms with Crippen molar-refractivity contribution in [1.82, 2.24) is 14.8 Å². The van der Waals surface area contributed by atoms with Gasteiger partial charge in [0.1, 0.15) is 18.1 Å². The third-order valence-corrected chi connectivity index (χ3v) is 6.47. The fourth-order valence-corrected chi connectivity index (χ4v) is 4.37. The number of benzene rings is 3. The fourth-order valence-electron chi connectivity index (χ4n) is 3.47. The first kappa shape index (κ1) is 24.6. The van der Waals surface area contributed by atoms with E-state index in [1.54, 1.807) is 31.4 Å². The lowest BCUT2D eigenvalue weighted by atomic mass is 10.1. The van der Waals surface area contributed by atoms with Gasteiger partial charge >= 0.3 is 0 Å². The molecule has 0 fully saturated rings. The Hall–Kier alpha value is -3.49. The van der Waals surface area contributed by atoms with Crippen molar-refractivity contribution in [2.24, 2.45) is 0 Å². The number of carbonyl (C=O) groups is 1. The zero-order chi connectivity index (χ0) is 24.8. The van der Waals surface area contributed by atoms with E-state index in [-0.39, 0.29) is 18.3 Å². The number of aromatic nitrogens is 3. The molecule has 0 aliphatic heterocycles. The minimum absolute atomic E-state index is 0.115. The van der Waals surface area contributed by atoms with Gasteiger partial charge in [-0.05, 0) is 73.5 Å². The molecule has 0 atom stereocenters. The van der Waals surface area contributed by atoms with E-state index in [4.69, 9.17) is 21.1 Å². The molecule has 0 radical (unpaired) electrons. The predicted octanol–water partition coefficient (Wildman–Crippen LogP) is 5.86. The Balaban J connectivity index is 1.53. The highest BCUT2D eigenvalue weighted by Crippen LogP contribution is 2.26. The first-order chi connectivity index (χ1) is 16.9. The highest BCUT2D eigenvalue weighted by molar-refractivity contribution is 7.99. The fraction of sp³-hybridized carbons (Fsp3) is 0.192. The normalized spacial score (nSPS) is 10.7. The largest absolute Gasteiger partial charge is 0.497 e. The molecule has 0 saturated heterocycles. The molecule has 0 saturated carbocycles. The van der Waals surface area contributed by atoms with Crippen LogP contribution in [0.1, 0.15) is 17.0 Å². The second kappa shape index (κ2) is 11.3. The van der Waals surface area contributed by atoms with Crippen LogP contribution in [0.2, 0.25) is 5.02 Å². The number of nitrogens with zero attached hydrogens (tertiary/aromatic N) is 3. The van der Waals surface area contributed by atoms with Crippen molar-refractivity contribution >= 4 is 35.0 Å². The van der Waals surface area contributed by atoms with Crippen molar-refractivity contribution in [1.29, 1.82) is 0 Å². The van der Waals surface area contributed by atoms with Crippen LogP contribution in [0.4, 0.5) is 5.69 Å². The lowest BCUT2D eigenvalue weighted by molar-refractivity contribution is -0.113. The molecule has 1 aromatic heterocycles. The number of ether oxygens (including phenoxy) is 2. The molecule has 0 unspecified atom stereocenters. The number of para-hydroxylation sites is 1. The molecule has 7 nitrogen and oxygen atoms in total. The monoisotopic (exact) mass is 508 g/mol. The average molecular weight is 509 g/mol. The summed E-state index contributed by atoms with van der Waals surface area (Å²) in [7, 11) is 1.62. The number of halogens is 1. The Kier molecular flexibility index (Phi) is 7.94. The van der Waals surface area contributed by atoms with Crippen LogP contribution in [0.15, 0.2) is 71.9 Å². The number of methoxy groups -OCH3 is 1. The SMILES string of the molecule is COc1ccc(-n2c(COc3ccc(Cl)cc3)nnc2SCC(=O)Nc2c(C)cccc2C)cc1. The van der Waals surface area contributed by atoms with Gasteiger partial charge in [-0.2, -0.15) is 0 Å². The Bertz CT molecular complexity index is 1290. The topological polar surface area (TPSA) is 78.3 Å². The zero-order valence-corrected chi connectivity index (χ0v) is 21.2. The van der Waals surface area contributed by atoms with Gasteiger partial charge in [-0.3, -0.25) is 9.36 Å². The Morgan fingerprint density at radius 2 is 1.63 bits per heavy atom. The molecule has 35 heavy (non-hydrogen) atoms. The lowest BCUT2D eigenvalue weighted by Crippen LogP contribution is -2.16. The summed E-state index contributed by atoms with van der Waals surface area (Å²) in [4.78, 5) is 12.7. The molecule has 9 heteroatoms. The summed E-state index contributed by atoms with van der Waals surface area (Å²) < 4.78 is 13.1. The number of thioether (sulfide) groups is 1. The lowest BCUT2D eigenvalue weighted by Gasteiger charge is -2.13. The number of rotatable bonds is 9. The van der Waals surface area contributed by atoms with E-state index >= 15 is 0 Å². The number of carbonyl (C=O) groups excluding carboxylic acids is 1. The van der Waals surface area contributed by atoms with E-state index < -0.39 is 0 Å². The van der Waals surface area contributed by atoms with Crippen LogP contribution < -0.4 is 14.8 Å². The number of hydrogen-bond donors (Lipinski definition) is 1. The molecule has 0 spiro atoms. The van der Waals surface area contributed by atoms with E-state index in [1.165, 1.54) is 11.8 Å². The summed E-state index contributed by atoms with van der Waals surface area (Å²) in [6, 6.07) is 20.6. The van der Waals surface area contributed by atoms with E-state index in [2.05, 4.69) is 15.5 Å². The molecule has 1 amide bonds. The van der Waals surface area contributed by atoms with E-state index in [0.29, 0.717) is 21.8 Å². The van der Waals surface area contributed by atoms with Gasteiger partial charge in [0, 0.05) is 16.4 Å². The molecule has 0 aliphatic rings. The summed E-state index contributed by atoms with van der Waals surface area (Å²) in [5.74, 6) is 2.07. The molecular formula is C26H25ClN4O3S. The van der Waals surface area contributed by atoms with Crippen LogP contribution in [0.5, 0.6) is 11.5 Å². The van der Waals surface area contributed by atoms with Crippen molar-refractivity contribution in [3.8, 4) is 17.2 Å². The van der Waals surface area contributed by atoms with E-state index in [9.17, 15) is 4.79 Å². The van der Waals surface area contributed by atoms with Gasteiger partial charge in [-0.1, -0.05) is 41.6 Å². The van der Waals surface area contributed by atoms with Gasteiger partial charge in [0.2, 0.25) is 5.91 Å².